The summed E-state index contributed by atoms with van der Waals surface area (Å²) < 4.78 is 2.41. The van der Waals surface area contributed by atoms with Crippen LogP contribution in [-0.2, 0) is 18.4 Å². The highest BCUT2D eigenvalue weighted by atomic mass is 16.3. The minimum absolute atomic E-state index is 0.0369. The van der Waals surface area contributed by atoms with E-state index in [0.29, 0.717) is 11.5 Å². The number of aryl methyl sites for hydroxylation is 1. The largest absolute Gasteiger partial charge is 0.389 e. The fourth-order valence-electron chi connectivity index (χ4n) is 5.31. The van der Waals surface area contributed by atoms with E-state index in [4.69, 9.17) is 0 Å². The lowest BCUT2D eigenvalue weighted by atomic mass is 9.82. The molecule has 1 aromatic carbocycles. The van der Waals surface area contributed by atoms with Crippen LogP contribution in [-0.4, -0.2) is 27.7 Å². The summed E-state index contributed by atoms with van der Waals surface area (Å²) in [6, 6.07) is 9.16. The highest BCUT2D eigenvalue weighted by molar-refractivity contribution is 5.97. The molecule has 0 saturated heterocycles. The third-order valence-corrected chi connectivity index (χ3v) is 7.78. The first-order valence-corrected chi connectivity index (χ1v) is 14.4. The molecule has 4 nitrogen and oxygen atoms in total. The van der Waals surface area contributed by atoms with Crippen LogP contribution in [0, 0.1) is 18.3 Å². The molecule has 0 spiro atoms. The van der Waals surface area contributed by atoms with Gasteiger partial charge in [-0.1, -0.05) is 66.9 Å². The molecule has 1 amide bonds. The van der Waals surface area contributed by atoms with Crippen molar-refractivity contribution in [3.05, 3.63) is 46.6 Å². The third kappa shape index (κ3) is 8.46. The van der Waals surface area contributed by atoms with Gasteiger partial charge in [-0.05, 0) is 98.1 Å². The van der Waals surface area contributed by atoms with Crippen molar-refractivity contribution in [3.8, 4) is 11.3 Å². The normalized spacial score (nSPS) is 15.7. The number of aliphatic hydroxyl groups is 1. The second-order valence-electron chi connectivity index (χ2n) is 14.4. The van der Waals surface area contributed by atoms with Gasteiger partial charge in [-0.15, -0.1) is 0 Å². The van der Waals surface area contributed by atoms with Crippen molar-refractivity contribution < 1.29 is 9.90 Å². The molecule has 1 aliphatic carbocycles. The predicted molar refractivity (Wildman–Crippen MR) is 156 cm³/mol. The quantitative estimate of drug-likeness (QED) is 0.382. The van der Waals surface area contributed by atoms with Gasteiger partial charge in [-0.2, -0.15) is 0 Å². The molecule has 206 valence electrons. The third-order valence-electron chi connectivity index (χ3n) is 7.78. The van der Waals surface area contributed by atoms with Gasteiger partial charge >= 0.3 is 0 Å². The SMILES string of the molecule is Cc1c(C(=O)NCC(C)(C)O)cc(-c2cc(CCC(C)(C)C)cc(C(C)(C)C)c2)n1CC1CCCCC1. The molecule has 1 fully saturated rings. The summed E-state index contributed by atoms with van der Waals surface area (Å²) in [6.45, 7) is 20.5. The Bertz CT molecular complexity index is 1070. The maximum atomic E-state index is 13.3. The Hall–Kier alpha value is -2.07. The molecule has 1 saturated carbocycles. The summed E-state index contributed by atoms with van der Waals surface area (Å²) >= 11 is 0. The van der Waals surface area contributed by atoms with Gasteiger partial charge in [0, 0.05) is 24.5 Å². The molecule has 0 unspecified atom stereocenters. The Morgan fingerprint density at radius 1 is 0.973 bits per heavy atom. The van der Waals surface area contributed by atoms with E-state index >= 15 is 0 Å². The number of hydrogen-bond donors (Lipinski definition) is 2. The first-order chi connectivity index (χ1) is 17.0. The lowest BCUT2D eigenvalue weighted by molar-refractivity contribution is 0.0694. The molecule has 0 aliphatic heterocycles. The van der Waals surface area contributed by atoms with Gasteiger partial charge in [0.25, 0.3) is 5.91 Å². The van der Waals surface area contributed by atoms with Crippen molar-refractivity contribution in [2.45, 2.75) is 125 Å². The van der Waals surface area contributed by atoms with Crippen molar-refractivity contribution >= 4 is 5.91 Å². The molecule has 3 rings (SSSR count). The van der Waals surface area contributed by atoms with Crippen LogP contribution in [0.5, 0.6) is 0 Å². The monoisotopic (exact) mass is 508 g/mol. The summed E-state index contributed by atoms with van der Waals surface area (Å²) in [5, 5.41) is 13.1. The molecule has 37 heavy (non-hydrogen) atoms. The molecule has 1 aromatic heterocycles. The van der Waals surface area contributed by atoms with E-state index in [1.165, 1.54) is 48.8 Å². The molecule has 0 radical (unpaired) electrons. The molecule has 0 atom stereocenters. The van der Waals surface area contributed by atoms with Gasteiger partial charge in [0.15, 0.2) is 0 Å². The van der Waals surface area contributed by atoms with E-state index in [2.05, 4.69) is 82.6 Å². The smallest absolute Gasteiger partial charge is 0.253 e. The van der Waals surface area contributed by atoms with Crippen LogP contribution >= 0.6 is 0 Å². The fraction of sp³-hybridized carbons (Fsp3) is 0.667. The first-order valence-electron chi connectivity index (χ1n) is 14.4. The average Bonchev–Trinajstić information content (AvgIpc) is 3.11. The van der Waals surface area contributed by atoms with E-state index in [1.54, 1.807) is 13.8 Å². The molecule has 2 aromatic rings. The van der Waals surface area contributed by atoms with Crippen LogP contribution in [0.2, 0.25) is 0 Å². The Morgan fingerprint density at radius 3 is 2.19 bits per heavy atom. The van der Waals surface area contributed by atoms with Crippen LogP contribution in [0.4, 0.5) is 0 Å². The standard InChI is InChI=1S/C33H52N2O2/c1-23-28(30(36)34-22-33(8,9)37)20-29(35(23)21-24-13-11-10-12-14-24)26-17-25(15-16-31(2,3)4)18-27(19-26)32(5,6)7/h17-20,24,37H,10-16,21-22H2,1-9H3,(H,34,36). The Kier molecular flexibility index (Phi) is 9.05. The number of benzene rings is 1. The maximum Gasteiger partial charge on any atom is 0.253 e. The molecular formula is C33H52N2O2. The van der Waals surface area contributed by atoms with Gasteiger partial charge in [-0.3, -0.25) is 4.79 Å². The number of hydrogen-bond acceptors (Lipinski definition) is 2. The number of aromatic nitrogens is 1. The number of nitrogens with zero attached hydrogens (tertiary/aromatic N) is 1. The van der Waals surface area contributed by atoms with Crippen molar-refractivity contribution in [1.29, 1.82) is 0 Å². The minimum atomic E-state index is -0.944. The van der Waals surface area contributed by atoms with E-state index < -0.39 is 5.60 Å². The summed E-state index contributed by atoms with van der Waals surface area (Å²) in [5.41, 5.74) is 6.16. The minimum Gasteiger partial charge on any atom is -0.389 e. The topological polar surface area (TPSA) is 54.3 Å². The van der Waals surface area contributed by atoms with Crippen LogP contribution in [0.1, 0.15) is 121 Å². The summed E-state index contributed by atoms with van der Waals surface area (Å²) in [6.07, 6.45) is 8.63. The highest BCUT2D eigenvalue weighted by Gasteiger charge is 2.25. The Morgan fingerprint density at radius 2 is 1.62 bits per heavy atom. The summed E-state index contributed by atoms with van der Waals surface area (Å²) in [7, 11) is 0. The highest BCUT2D eigenvalue weighted by Crippen LogP contribution is 2.35. The molecule has 1 aliphatic rings. The maximum absolute atomic E-state index is 13.3. The number of nitrogens with one attached hydrogen (secondary N) is 1. The van der Waals surface area contributed by atoms with E-state index in [1.807, 2.05) is 0 Å². The van der Waals surface area contributed by atoms with Crippen LogP contribution in [0.25, 0.3) is 11.3 Å². The number of carbonyl (C=O) groups is 1. The predicted octanol–water partition coefficient (Wildman–Crippen LogP) is 7.82. The fourth-order valence-corrected chi connectivity index (χ4v) is 5.31. The Balaban J connectivity index is 2.09. The van der Waals surface area contributed by atoms with Crippen molar-refractivity contribution in [2.24, 2.45) is 11.3 Å². The lowest BCUT2D eigenvalue weighted by Crippen LogP contribution is -2.38. The van der Waals surface area contributed by atoms with Gasteiger partial charge in [0.1, 0.15) is 0 Å². The Labute approximate surface area is 226 Å². The van der Waals surface area contributed by atoms with Crippen LogP contribution in [0.15, 0.2) is 24.3 Å². The number of carbonyl (C=O) groups excluding carboxylic acids is 1. The van der Waals surface area contributed by atoms with Crippen molar-refractivity contribution in [2.75, 3.05) is 6.54 Å². The zero-order chi connectivity index (χ0) is 27.6. The summed E-state index contributed by atoms with van der Waals surface area (Å²) in [4.78, 5) is 13.3. The second-order valence-corrected chi connectivity index (χ2v) is 14.4. The lowest BCUT2D eigenvalue weighted by Gasteiger charge is -2.26. The second kappa shape index (κ2) is 11.4. The first kappa shape index (κ1) is 29.5. The zero-order valence-corrected chi connectivity index (χ0v) is 25.1. The van der Waals surface area contributed by atoms with Crippen molar-refractivity contribution in [3.63, 3.8) is 0 Å². The van der Waals surface area contributed by atoms with E-state index in [-0.39, 0.29) is 23.3 Å². The van der Waals surface area contributed by atoms with Crippen molar-refractivity contribution in [1.82, 2.24) is 9.88 Å². The van der Waals surface area contributed by atoms with Gasteiger partial charge in [-0.25, -0.2) is 0 Å². The molecule has 1 heterocycles. The van der Waals surface area contributed by atoms with Crippen LogP contribution in [0.3, 0.4) is 0 Å². The van der Waals surface area contributed by atoms with Crippen LogP contribution < -0.4 is 5.32 Å². The molecule has 2 N–H and O–H groups in total. The molecule has 4 heteroatoms. The molecular weight excluding hydrogens is 456 g/mol. The van der Waals surface area contributed by atoms with Gasteiger partial charge < -0.3 is 15.0 Å². The van der Waals surface area contributed by atoms with E-state index in [0.717, 1.165) is 30.8 Å². The van der Waals surface area contributed by atoms with E-state index in [9.17, 15) is 9.90 Å². The average molecular weight is 509 g/mol. The zero-order valence-electron chi connectivity index (χ0n) is 25.1. The number of amides is 1. The molecule has 0 bridgehead atoms. The number of rotatable bonds is 8. The summed E-state index contributed by atoms with van der Waals surface area (Å²) in [5.74, 6) is 0.542. The van der Waals surface area contributed by atoms with Gasteiger partial charge in [0.2, 0.25) is 0 Å². The van der Waals surface area contributed by atoms with Gasteiger partial charge in [0.05, 0.1) is 11.2 Å².